The molecule has 0 atom stereocenters. The van der Waals surface area contributed by atoms with Gasteiger partial charge in [0.1, 0.15) is 5.82 Å². The van der Waals surface area contributed by atoms with E-state index in [0.717, 1.165) is 24.1 Å². The van der Waals surface area contributed by atoms with Crippen LogP contribution in [0.15, 0.2) is 30.3 Å². The molecule has 0 spiro atoms. The first kappa shape index (κ1) is 15.1. The molecule has 2 aromatic rings. The van der Waals surface area contributed by atoms with E-state index in [1.54, 1.807) is 23.9 Å². The molecule has 0 radical (unpaired) electrons. The maximum atomic E-state index is 12.0. The lowest BCUT2D eigenvalue weighted by Crippen LogP contribution is -2.29. The number of rotatable bonds is 5. The van der Waals surface area contributed by atoms with Crippen LogP contribution in [-0.2, 0) is 13.6 Å². The highest BCUT2D eigenvalue weighted by molar-refractivity contribution is 5.88. The van der Waals surface area contributed by atoms with Gasteiger partial charge in [0.2, 0.25) is 0 Å². The molecule has 0 aliphatic heterocycles. The van der Waals surface area contributed by atoms with Crippen LogP contribution in [0.2, 0.25) is 0 Å². The number of benzene rings is 1. The Kier molecular flexibility index (Phi) is 4.01. The van der Waals surface area contributed by atoms with Crippen LogP contribution in [-0.4, -0.2) is 26.9 Å². The van der Waals surface area contributed by atoms with Crippen molar-refractivity contribution in [3.63, 3.8) is 0 Å². The van der Waals surface area contributed by atoms with Crippen molar-refractivity contribution in [3.8, 4) is 0 Å². The van der Waals surface area contributed by atoms with Gasteiger partial charge in [-0.2, -0.15) is 5.10 Å². The van der Waals surface area contributed by atoms with Gasteiger partial charge in [-0.3, -0.25) is 10.00 Å². The zero-order chi connectivity index (χ0) is 16.4. The highest BCUT2D eigenvalue weighted by Gasteiger charge is 2.27. The molecule has 3 N–H and O–H groups in total. The largest absolute Gasteiger partial charge is 0.478 e. The number of hydrogen-bond acceptors (Lipinski definition) is 3. The minimum atomic E-state index is -0.968. The maximum absolute atomic E-state index is 12.0. The van der Waals surface area contributed by atoms with Gasteiger partial charge >= 0.3 is 12.0 Å². The summed E-state index contributed by atoms with van der Waals surface area (Å²) in [6.45, 7) is 0.319. The monoisotopic (exact) mass is 314 g/mol. The van der Waals surface area contributed by atoms with Crippen LogP contribution >= 0.6 is 0 Å². The second kappa shape index (κ2) is 6.12. The van der Waals surface area contributed by atoms with Crippen LogP contribution in [0.25, 0.3) is 0 Å². The van der Waals surface area contributed by atoms with Gasteiger partial charge in [-0.15, -0.1) is 0 Å². The summed E-state index contributed by atoms with van der Waals surface area (Å²) < 4.78 is 1.66. The number of anilines is 1. The molecule has 3 rings (SSSR count). The zero-order valence-corrected chi connectivity index (χ0v) is 12.7. The molecule has 120 valence electrons. The van der Waals surface area contributed by atoms with E-state index in [0.29, 0.717) is 18.3 Å². The lowest BCUT2D eigenvalue weighted by molar-refractivity contribution is 0.0697. The summed E-state index contributed by atoms with van der Waals surface area (Å²) >= 11 is 0. The molecule has 1 saturated carbocycles. The zero-order valence-electron chi connectivity index (χ0n) is 12.7. The first-order valence-electron chi connectivity index (χ1n) is 7.44. The summed E-state index contributed by atoms with van der Waals surface area (Å²) in [5, 5.41) is 18.7. The second-order valence-corrected chi connectivity index (χ2v) is 5.66. The van der Waals surface area contributed by atoms with E-state index in [-0.39, 0.29) is 11.6 Å². The average molecular weight is 314 g/mol. The van der Waals surface area contributed by atoms with E-state index in [1.165, 1.54) is 12.1 Å². The Morgan fingerprint density at radius 2 is 2.00 bits per heavy atom. The standard InChI is InChI=1S/C16H18N4O3/c1-20-14(8-13(19-20)11-6-7-11)18-16(23)17-9-10-2-4-12(5-3-10)15(21)22/h2-5,8,11H,6-7,9H2,1H3,(H,21,22)(H2,17,18,23). The first-order chi connectivity index (χ1) is 11.0. The Morgan fingerprint density at radius 3 is 2.61 bits per heavy atom. The highest BCUT2D eigenvalue weighted by atomic mass is 16.4. The molecular formula is C16H18N4O3. The molecule has 7 nitrogen and oxygen atoms in total. The lowest BCUT2D eigenvalue weighted by Gasteiger charge is -2.07. The first-order valence-corrected chi connectivity index (χ1v) is 7.44. The van der Waals surface area contributed by atoms with Crippen molar-refractivity contribution >= 4 is 17.8 Å². The summed E-state index contributed by atoms with van der Waals surface area (Å²) in [5.41, 5.74) is 2.07. The quantitative estimate of drug-likeness (QED) is 0.789. The molecule has 7 heteroatoms. The number of aromatic nitrogens is 2. The molecule has 1 aliphatic carbocycles. The van der Waals surface area contributed by atoms with Crippen molar-refractivity contribution in [2.45, 2.75) is 25.3 Å². The van der Waals surface area contributed by atoms with Crippen molar-refractivity contribution in [3.05, 3.63) is 47.2 Å². The number of carboxylic acid groups (broad SMARTS) is 1. The van der Waals surface area contributed by atoms with E-state index in [9.17, 15) is 9.59 Å². The fraction of sp³-hybridized carbons (Fsp3) is 0.312. The maximum Gasteiger partial charge on any atom is 0.335 e. The van der Waals surface area contributed by atoms with Gasteiger partial charge in [0.15, 0.2) is 0 Å². The predicted octanol–water partition coefficient (Wildman–Crippen LogP) is 2.32. The molecule has 1 heterocycles. The molecule has 1 aromatic carbocycles. The molecule has 0 bridgehead atoms. The van der Waals surface area contributed by atoms with Crippen LogP contribution in [0.3, 0.4) is 0 Å². The molecule has 2 amide bonds. The number of nitrogens with zero attached hydrogens (tertiary/aromatic N) is 2. The fourth-order valence-corrected chi connectivity index (χ4v) is 2.29. The third kappa shape index (κ3) is 3.68. The molecule has 0 saturated heterocycles. The number of hydrogen-bond donors (Lipinski definition) is 3. The van der Waals surface area contributed by atoms with Crippen molar-refractivity contribution in [1.82, 2.24) is 15.1 Å². The normalized spacial score (nSPS) is 13.6. The number of aromatic carboxylic acids is 1. The molecule has 1 aliphatic rings. The van der Waals surface area contributed by atoms with E-state index < -0.39 is 5.97 Å². The van der Waals surface area contributed by atoms with Crippen LogP contribution in [0.5, 0.6) is 0 Å². The predicted molar refractivity (Wildman–Crippen MR) is 84.4 cm³/mol. The Morgan fingerprint density at radius 1 is 1.30 bits per heavy atom. The SMILES string of the molecule is Cn1nc(C2CC2)cc1NC(=O)NCc1ccc(C(=O)O)cc1. The smallest absolute Gasteiger partial charge is 0.335 e. The van der Waals surface area contributed by atoms with Crippen LogP contribution in [0, 0.1) is 0 Å². The third-order valence-electron chi connectivity index (χ3n) is 3.79. The number of carboxylic acids is 1. The van der Waals surface area contributed by atoms with Crippen molar-refractivity contribution in [2.75, 3.05) is 5.32 Å². The average Bonchev–Trinajstić information content (AvgIpc) is 3.31. The number of urea groups is 1. The number of aryl methyl sites for hydroxylation is 1. The van der Waals surface area contributed by atoms with E-state index in [4.69, 9.17) is 5.11 Å². The van der Waals surface area contributed by atoms with Gasteiger partial charge in [-0.1, -0.05) is 12.1 Å². The van der Waals surface area contributed by atoms with E-state index >= 15 is 0 Å². The minimum Gasteiger partial charge on any atom is -0.478 e. The third-order valence-corrected chi connectivity index (χ3v) is 3.79. The molecule has 1 fully saturated rings. The molecular weight excluding hydrogens is 296 g/mol. The Bertz CT molecular complexity index is 732. The van der Waals surface area contributed by atoms with E-state index in [1.807, 2.05) is 6.07 Å². The van der Waals surface area contributed by atoms with Crippen molar-refractivity contribution in [1.29, 1.82) is 0 Å². The van der Waals surface area contributed by atoms with Crippen LogP contribution < -0.4 is 10.6 Å². The second-order valence-electron chi connectivity index (χ2n) is 5.66. The van der Waals surface area contributed by atoms with Gasteiger partial charge in [0, 0.05) is 25.6 Å². The van der Waals surface area contributed by atoms with Gasteiger partial charge in [0.05, 0.1) is 11.3 Å². The van der Waals surface area contributed by atoms with Crippen LogP contribution in [0.4, 0.5) is 10.6 Å². The molecule has 1 aromatic heterocycles. The lowest BCUT2D eigenvalue weighted by atomic mass is 10.1. The van der Waals surface area contributed by atoms with Gasteiger partial charge in [0.25, 0.3) is 0 Å². The Balaban J connectivity index is 1.54. The van der Waals surface area contributed by atoms with Gasteiger partial charge in [-0.25, -0.2) is 9.59 Å². The number of amides is 2. The van der Waals surface area contributed by atoms with E-state index in [2.05, 4.69) is 15.7 Å². The number of nitrogens with one attached hydrogen (secondary N) is 2. The Labute approximate surface area is 133 Å². The number of carbonyl (C=O) groups excluding carboxylic acids is 1. The van der Waals surface area contributed by atoms with Crippen LogP contribution in [0.1, 0.15) is 40.4 Å². The number of carbonyl (C=O) groups is 2. The summed E-state index contributed by atoms with van der Waals surface area (Å²) in [7, 11) is 1.80. The topological polar surface area (TPSA) is 96.3 Å². The summed E-state index contributed by atoms with van der Waals surface area (Å²) in [6.07, 6.45) is 2.32. The summed E-state index contributed by atoms with van der Waals surface area (Å²) in [4.78, 5) is 22.7. The molecule has 0 unspecified atom stereocenters. The highest BCUT2D eigenvalue weighted by Crippen LogP contribution is 2.39. The van der Waals surface area contributed by atoms with Gasteiger partial charge in [-0.05, 0) is 30.5 Å². The van der Waals surface area contributed by atoms with Crippen molar-refractivity contribution in [2.24, 2.45) is 7.05 Å². The molecule has 23 heavy (non-hydrogen) atoms. The van der Waals surface area contributed by atoms with Crippen molar-refractivity contribution < 1.29 is 14.7 Å². The Hall–Kier alpha value is -2.83. The summed E-state index contributed by atoms with van der Waals surface area (Å²) in [6, 6.07) is 7.97. The minimum absolute atomic E-state index is 0.223. The fourth-order valence-electron chi connectivity index (χ4n) is 2.29. The summed E-state index contributed by atoms with van der Waals surface area (Å²) in [5.74, 6) is 0.225. The van der Waals surface area contributed by atoms with Gasteiger partial charge < -0.3 is 10.4 Å².